The van der Waals surface area contributed by atoms with Crippen molar-refractivity contribution in [3.05, 3.63) is 12.2 Å². The number of aliphatic hydroxyl groups excluding tert-OH is 5. The van der Waals surface area contributed by atoms with Crippen LogP contribution in [0.3, 0.4) is 0 Å². The zero-order valence-corrected chi connectivity index (χ0v) is 52.0. The topological polar surface area (TPSA) is 149 Å². The minimum Gasteiger partial charge on any atom is -0.394 e. The molecule has 1 aliphatic rings. The maximum atomic E-state index is 13.1. The summed E-state index contributed by atoms with van der Waals surface area (Å²) in [7, 11) is 0. The first-order valence-electron chi connectivity index (χ1n) is 34.9. The van der Waals surface area contributed by atoms with E-state index in [4.69, 9.17) is 9.47 Å². The number of carbonyl (C=O) groups excluding carboxylic acids is 1. The lowest BCUT2D eigenvalue weighted by molar-refractivity contribution is -0.302. The number of allylic oxidation sites excluding steroid dienone is 2. The second-order valence-electron chi connectivity index (χ2n) is 24.7. The quantitative estimate of drug-likeness (QED) is 0.0261. The summed E-state index contributed by atoms with van der Waals surface area (Å²) in [5, 5.41) is 54.9. The number of aliphatic hydroxyl groups is 5. The summed E-state index contributed by atoms with van der Waals surface area (Å²) in [5.41, 5.74) is 0. The lowest BCUT2D eigenvalue weighted by Crippen LogP contribution is -2.60. The maximum absolute atomic E-state index is 13.1. The Morgan fingerprint density at radius 1 is 0.423 bits per heavy atom. The molecule has 78 heavy (non-hydrogen) atoms. The number of hydrogen-bond acceptors (Lipinski definition) is 8. The van der Waals surface area contributed by atoms with Crippen LogP contribution in [0.2, 0.25) is 0 Å². The van der Waals surface area contributed by atoms with Crippen molar-refractivity contribution in [2.75, 3.05) is 13.2 Å². The summed E-state index contributed by atoms with van der Waals surface area (Å²) in [6.07, 6.45) is 68.6. The molecular weight excluding hydrogens is 971 g/mol. The Balaban J connectivity index is 2.06. The van der Waals surface area contributed by atoms with E-state index in [0.717, 1.165) is 38.5 Å². The van der Waals surface area contributed by atoms with Gasteiger partial charge >= 0.3 is 0 Å². The monoisotopic (exact) mass is 1110 g/mol. The number of hydrogen-bond donors (Lipinski definition) is 6. The van der Waals surface area contributed by atoms with Crippen LogP contribution >= 0.6 is 0 Å². The summed E-state index contributed by atoms with van der Waals surface area (Å²) in [4.78, 5) is 13.1. The van der Waals surface area contributed by atoms with Crippen LogP contribution < -0.4 is 5.32 Å². The van der Waals surface area contributed by atoms with Crippen molar-refractivity contribution >= 4 is 5.91 Å². The predicted molar refractivity (Wildman–Crippen MR) is 332 cm³/mol. The summed E-state index contributed by atoms with van der Waals surface area (Å²) >= 11 is 0. The third kappa shape index (κ3) is 47.4. The van der Waals surface area contributed by atoms with Gasteiger partial charge in [-0.15, -0.1) is 0 Å². The minimum absolute atomic E-state index is 0.132. The van der Waals surface area contributed by atoms with E-state index in [1.165, 1.54) is 302 Å². The lowest BCUT2D eigenvalue weighted by Gasteiger charge is -2.40. The van der Waals surface area contributed by atoms with Gasteiger partial charge in [0.15, 0.2) is 6.29 Å². The second kappa shape index (κ2) is 59.1. The number of rotatable bonds is 62. The van der Waals surface area contributed by atoms with Crippen LogP contribution in [-0.4, -0.2) is 87.5 Å². The molecule has 1 fully saturated rings. The van der Waals surface area contributed by atoms with E-state index in [2.05, 4.69) is 31.3 Å². The third-order valence-corrected chi connectivity index (χ3v) is 17.1. The Hall–Kier alpha value is -1.07. The van der Waals surface area contributed by atoms with Crippen molar-refractivity contribution in [2.45, 2.75) is 410 Å². The van der Waals surface area contributed by atoms with E-state index >= 15 is 0 Å². The molecule has 0 aromatic carbocycles. The molecule has 0 aliphatic carbocycles. The molecule has 1 aliphatic heterocycles. The van der Waals surface area contributed by atoms with Crippen LogP contribution in [0, 0.1) is 0 Å². The highest BCUT2D eigenvalue weighted by atomic mass is 16.7. The van der Waals surface area contributed by atoms with E-state index < -0.39 is 49.5 Å². The van der Waals surface area contributed by atoms with E-state index in [9.17, 15) is 30.3 Å². The van der Waals surface area contributed by atoms with E-state index in [1.54, 1.807) is 0 Å². The van der Waals surface area contributed by atoms with Gasteiger partial charge in [0.1, 0.15) is 24.4 Å². The number of ether oxygens (including phenoxy) is 2. The van der Waals surface area contributed by atoms with E-state index in [-0.39, 0.29) is 12.5 Å². The van der Waals surface area contributed by atoms with Gasteiger partial charge in [-0.05, 0) is 38.5 Å². The fraction of sp³-hybridized carbons (Fsp3) is 0.957. The van der Waals surface area contributed by atoms with E-state index in [1.807, 2.05) is 0 Å². The molecule has 0 bridgehead atoms. The average molecular weight is 1110 g/mol. The van der Waals surface area contributed by atoms with Crippen LogP contribution in [-0.2, 0) is 14.3 Å². The Morgan fingerprint density at radius 2 is 0.718 bits per heavy atom. The Labute approximate surface area is 484 Å². The fourth-order valence-corrected chi connectivity index (χ4v) is 11.6. The van der Waals surface area contributed by atoms with Crippen LogP contribution in [0.25, 0.3) is 0 Å². The lowest BCUT2D eigenvalue weighted by atomic mass is 9.99. The molecule has 7 unspecified atom stereocenters. The molecular formula is C69H135NO8. The molecule has 0 spiro atoms. The SMILES string of the molecule is CCCCCCCCCC/C=C\CCCCCCCCCCCCCCCCCCCCCCCCCC(=O)NC(COC1OC(CO)C(O)C(O)C1O)C(O)CCCCCCCCCCCCCCCCCCCCCC. The second-order valence-corrected chi connectivity index (χ2v) is 24.7. The number of nitrogens with one attached hydrogen (secondary N) is 1. The first kappa shape index (κ1) is 74.9. The first-order valence-corrected chi connectivity index (χ1v) is 34.9. The fourth-order valence-electron chi connectivity index (χ4n) is 11.6. The van der Waals surface area contributed by atoms with E-state index in [0.29, 0.717) is 12.8 Å². The highest BCUT2D eigenvalue weighted by Gasteiger charge is 2.44. The molecule has 0 radical (unpaired) electrons. The van der Waals surface area contributed by atoms with Crippen LogP contribution in [0.1, 0.15) is 367 Å². The summed E-state index contributed by atoms with van der Waals surface area (Å²) < 4.78 is 11.4. The van der Waals surface area contributed by atoms with Crippen molar-refractivity contribution in [1.82, 2.24) is 5.32 Å². The van der Waals surface area contributed by atoms with Gasteiger partial charge in [0, 0.05) is 6.42 Å². The molecule has 1 heterocycles. The van der Waals surface area contributed by atoms with Crippen LogP contribution in [0.15, 0.2) is 12.2 Å². The molecule has 464 valence electrons. The minimum atomic E-state index is -1.55. The van der Waals surface area contributed by atoms with Crippen molar-refractivity contribution in [1.29, 1.82) is 0 Å². The van der Waals surface area contributed by atoms with Gasteiger partial charge in [-0.25, -0.2) is 0 Å². The number of unbranched alkanes of at least 4 members (excludes halogenated alkanes) is 50. The predicted octanol–water partition coefficient (Wildman–Crippen LogP) is 18.7. The van der Waals surface area contributed by atoms with Gasteiger partial charge in [-0.3, -0.25) is 4.79 Å². The largest absolute Gasteiger partial charge is 0.394 e. The molecule has 1 rings (SSSR count). The summed E-state index contributed by atoms with van der Waals surface area (Å²) in [6.45, 7) is 3.90. The molecule has 1 saturated heterocycles. The summed E-state index contributed by atoms with van der Waals surface area (Å²) in [6, 6.07) is -0.716. The third-order valence-electron chi connectivity index (χ3n) is 17.1. The molecule has 0 aromatic rings. The molecule has 0 aromatic heterocycles. The van der Waals surface area contributed by atoms with Crippen molar-refractivity contribution in [3.63, 3.8) is 0 Å². The number of amides is 1. The Morgan fingerprint density at radius 3 is 1.04 bits per heavy atom. The van der Waals surface area contributed by atoms with Crippen molar-refractivity contribution in [2.24, 2.45) is 0 Å². The van der Waals surface area contributed by atoms with Crippen molar-refractivity contribution < 1.29 is 39.8 Å². The zero-order valence-electron chi connectivity index (χ0n) is 52.0. The Bertz CT molecular complexity index is 1240. The first-order chi connectivity index (χ1) is 38.3. The molecule has 1 amide bonds. The highest BCUT2D eigenvalue weighted by Crippen LogP contribution is 2.24. The van der Waals surface area contributed by atoms with Crippen molar-refractivity contribution in [3.8, 4) is 0 Å². The zero-order chi connectivity index (χ0) is 56.5. The van der Waals surface area contributed by atoms with Gasteiger partial charge in [0.25, 0.3) is 0 Å². The van der Waals surface area contributed by atoms with Gasteiger partial charge in [-0.2, -0.15) is 0 Å². The maximum Gasteiger partial charge on any atom is 0.220 e. The molecule has 9 heteroatoms. The standard InChI is InChI=1S/C69H135NO8/c1-3-5-7-9-11-13-15-17-19-21-23-25-26-27-28-29-30-31-32-33-34-35-36-37-38-39-41-43-45-47-49-51-53-55-57-59-65(73)70-62(61-77-69-68(76)67(75)66(74)64(60-71)78-69)63(72)58-56-54-52-50-48-46-44-42-40-24-22-20-18-16-14-12-10-8-6-4-2/h21,23,62-64,66-69,71-72,74-76H,3-20,22,24-61H2,1-2H3,(H,70,73)/b23-21-. The number of carbonyl (C=O) groups is 1. The van der Waals surface area contributed by atoms with Crippen LogP contribution in [0.4, 0.5) is 0 Å². The molecule has 0 saturated carbocycles. The highest BCUT2D eigenvalue weighted by molar-refractivity contribution is 5.76. The molecule has 6 N–H and O–H groups in total. The molecule has 9 nitrogen and oxygen atoms in total. The normalized spacial score (nSPS) is 18.6. The van der Waals surface area contributed by atoms with Gasteiger partial charge in [0.05, 0.1) is 25.4 Å². The van der Waals surface area contributed by atoms with Gasteiger partial charge in [-0.1, -0.05) is 334 Å². The summed E-state index contributed by atoms with van der Waals surface area (Å²) in [5.74, 6) is -0.135. The van der Waals surface area contributed by atoms with Gasteiger partial charge < -0.3 is 40.3 Å². The van der Waals surface area contributed by atoms with Gasteiger partial charge in [0.2, 0.25) is 5.91 Å². The van der Waals surface area contributed by atoms with Crippen LogP contribution in [0.5, 0.6) is 0 Å². The molecule has 7 atom stereocenters. The Kier molecular flexibility index (Phi) is 56.8. The smallest absolute Gasteiger partial charge is 0.220 e. The average Bonchev–Trinajstić information content (AvgIpc) is 3.45.